The van der Waals surface area contributed by atoms with Crippen LogP contribution in [0.2, 0.25) is 0 Å². The summed E-state index contributed by atoms with van der Waals surface area (Å²) < 4.78 is 1.90. The Bertz CT molecular complexity index is 1420. The standard InChI is InChI=1S/C32H41N5O4/c1-21-5-3-8-25(13-21)27-19-35(28(32(38)39)15-23-6-4-7-23)18-26(27)17-34-11-9-24(10-12-34)29-16-33-31-14-22(2)30(37(40)41)20-36(29)31/h3,5,8,13-14,16,20,23-24,26-28H,4,6-7,9-12,15,17-19H2,1-2H3,(H,38,39)/t26-,27+,28+/m0/s1. The Balaban J connectivity index is 1.16. The number of imidazole rings is 1. The summed E-state index contributed by atoms with van der Waals surface area (Å²) in [5, 5.41) is 21.7. The summed E-state index contributed by atoms with van der Waals surface area (Å²) in [4.78, 5) is 32.9. The molecule has 1 aromatic carbocycles. The van der Waals surface area contributed by atoms with Crippen molar-refractivity contribution >= 4 is 17.3 Å². The van der Waals surface area contributed by atoms with Gasteiger partial charge in [0.15, 0.2) is 0 Å². The molecule has 2 aliphatic heterocycles. The topological polar surface area (TPSA) is 104 Å². The van der Waals surface area contributed by atoms with E-state index < -0.39 is 12.0 Å². The van der Waals surface area contributed by atoms with Crippen LogP contribution in [0.5, 0.6) is 0 Å². The minimum atomic E-state index is -0.676. The lowest BCUT2D eigenvalue weighted by Gasteiger charge is -2.35. The molecule has 0 radical (unpaired) electrons. The van der Waals surface area contributed by atoms with E-state index in [4.69, 9.17) is 0 Å². The first-order valence-electron chi connectivity index (χ1n) is 15.1. The Morgan fingerprint density at radius 3 is 2.59 bits per heavy atom. The van der Waals surface area contributed by atoms with Crippen molar-refractivity contribution in [2.24, 2.45) is 11.8 Å². The summed E-state index contributed by atoms with van der Waals surface area (Å²) in [6, 6.07) is 10.1. The molecular formula is C32H41N5O4. The second-order valence-electron chi connectivity index (χ2n) is 12.7. The molecule has 3 fully saturated rings. The van der Waals surface area contributed by atoms with Crippen LogP contribution in [0.4, 0.5) is 5.69 Å². The van der Waals surface area contributed by atoms with Crippen LogP contribution in [0, 0.1) is 35.8 Å². The van der Waals surface area contributed by atoms with Crippen molar-refractivity contribution < 1.29 is 14.8 Å². The summed E-state index contributed by atoms with van der Waals surface area (Å²) in [6.45, 7) is 8.36. The number of benzene rings is 1. The Morgan fingerprint density at radius 2 is 1.93 bits per heavy atom. The van der Waals surface area contributed by atoms with Gasteiger partial charge in [0.05, 0.1) is 11.1 Å². The van der Waals surface area contributed by atoms with Gasteiger partial charge in [0, 0.05) is 48.9 Å². The van der Waals surface area contributed by atoms with Gasteiger partial charge < -0.3 is 10.0 Å². The minimum Gasteiger partial charge on any atom is -0.480 e. The molecule has 1 N–H and O–H groups in total. The SMILES string of the molecule is Cc1cccc([C@H]2CN([C@H](CC3CCC3)C(=O)O)C[C@@H]2CN2CCC(c3cnc4cc(C)c([N+](=O)[O-])cn34)CC2)c1. The number of likely N-dealkylation sites (tertiary alicyclic amines) is 2. The summed E-state index contributed by atoms with van der Waals surface area (Å²) >= 11 is 0. The summed E-state index contributed by atoms with van der Waals surface area (Å²) in [5.41, 5.74) is 5.12. The molecule has 2 aromatic heterocycles. The number of hydrogen-bond acceptors (Lipinski definition) is 6. The normalized spacial score (nSPS) is 23.6. The summed E-state index contributed by atoms with van der Waals surface area (Å²) in [6.07, 6.45) is 9.78. The minimum absolute atomic E-state index is 0.124. The average molecular weight is 560 g/mol. The molecule has 0 unspecified atom stereocenters. The molecule has 3 aromatic rings. The predicted octanol–water partition coefficient (Wildman–Crippen LogP) is 5.40. The van der Waals surface area contributed by atoms with Crippen molar-refractivity contribution in [3.8, 4) is 0 Å². The number of carboxylic acid groups (broad SMARTS) is 1. The van der Waals surface area contributed by atoms with E-state index in [2.05, 4.69) is 46.0 Å². The quantitative estimate of drug-likeness (QED) is 0.277. The third kappa shape index (κ3) is 5.75. The van der Waals surface area contributed by atoms with Crippen LogP contribution in [-0.4, -0.2) is 73.9 Å². The largest absolute Gasteiger partial charge is 0.480 e. The first-order chi connectivity index (χ1) is 19.8. The molecule has 4 heterocycles. The fraction of sp³-hybridized carbons (Fsp3) is 0.562. The van der Waals surface area contributed by atoms with Crippen LogP contribution < -0.4 is 0 Å². The average Bonchev–Trinajstić information content (AvgIpc) is 3.51. The van der Waals surface area contributed by atoms with Crippen molar-refractivity contribution in [1.82, 2.24) is 19.2 Å². The van der Waals surface area contributed by atoms with Gasteiger partial charge in [-0.05, 0) is 69.7 Å². The lowest BCUT2D eigenvalue weighted by atomic mass is 9.80. The summed E-state index contributed by atoms with van der Waals surface area (Å²) in [5.74, 6) is 0.868. The molecule has 0 spiro atoms. The maximum atomic E-state index is 12.4. The van der Waals surface area contributed by atoms with E-state index >= 15 is 0 Å². The number of aliphatic carboxylic acids is 1. The molecule has 1 saturated carbocycles. The molecule has 218 valence electrons. The third-order valence-electron chi connectivity index (χ3n) is 10.00. The van der Waals surface area contributed by atoms with Crippen LogP contribution in [0.1, 0.15) is 72.7 Å². The molecule has 1 aliphatic carbocycles. The third-order valence-corrected chi connectivity index (χ3v) is 10.00. The van der Waals surface area contributed by atoms with Crippen LogP contribution in [0.25, 0.3) is 5.65 Å². The zero-order valence-electron chi connectivity index (χ0n) is 24.1. The highest BCUT2D eigenvalue weighted by atomic mass is 16.6. The molecule has 3 atom stereocenters. The fourth-order valence-electron chi connectivity index (χ4n) is 7.44. The molecule has 2 saturated heterocycles. The number of pyridine rings is 1. The molecule has 3 aliphatic rings. The molecule has 9 heteroatoms. The number of aryl methyl sites for hydroxylation is 2. The van der Waals surface area contributed by atoms with E-state index in [-0.39, 0.29) is 10.6 Å². The number of nitro groups is 1. The van der Waals surface area contributed by atoms with Crippen molar-refractivity contribution in [3.63, 3.8) is 0 Å². The molecular weight excluding hydrogens is 518 g/mol. The van der Waals surface area contributed by atoms with Crippen LogP contribution in [0.15, 0.2) is 42.7 Å². The first kappa shape index (κ1) is 27.8. The highest BCUT2D eigenvalue weighted by Crippen LogP contribution is 2.39. The zero-order chi connectivity index (χ0) is 28.7. The Labute approximate surface area is 241 Å². The van der Waals surface area contributed by atoms with Gasteiger partial charge in [-0.15, -0.1) is 0 Å². The second-order valence-corrected chi connectivity index (χ2v) is 12.7. The highest BCUT2D eigenvalue weighted by Gasteiger charge is 2.41. The Kier molecular flexibility index (Phi) is 7.83. The van der Waals surface area contributed by atoms with Crippen molar-refractivity contribution in [3.05, 3.63) is 75.2 Å². The number of hydrogen-bond donors (Lipinski definition) is 1. The number of carbonyl (C=O) groups is 1. The number of rotatable bonds is 9. The van der Waals surface area contributed by atoms with Crippen molar-refractivity contribution in [2.75, 3.05) is 32.7 Å². The second kappa shape index (κ2) is 11.5. The van der Waals surface area contributed by atoms with Gasteiger partial charge in [0.1, 0.15) is 11.7 Å². The number of carboxylic acids is 1. The van der Waals surface area contributed by atoms with E-state index in [9.17, 15) is 20.0 Å². The van der Waals surface area contributed by atoms with Crippen molar-refractivity contribution in [1.29, 1.82) is 0 Å². The maximum Gasteiger partial charge on any atom is 0.320 e. The van der Waals surface area contributed by atoms with Crippen LogP contribution in [0.3, 0.4) is 0 Å². The molecule has 0 bridgehead atoms. The zero-order valence-corrected chi connectivity index (χ0v) is 24.1. The van der Waals surface area contributed by atoms with E-state index in [0.717, 1.165) is 76.2 Å². The van der Waals surface area contributed by atoms with Gasteiger partial charge in [0.2, 0.25) is 0 Å². The van der Waals surface area contributed by atoms with E-state index in [0.29, 0.717) is 29.2 Å². The van der Waals surface area contributed by atoms with E-state index in [1.165, 1.54) is 17.5 Å². The van der Waals surface area contributed by atoms with Gasteiger partial charge in [-0.2, -0.15) is 0 Å². The van der Waals surface area contributed by atoms with Gasteiger partial charge in [0.25, 0.3) is 5.69 Å². The first-order valence-corrected chi connectivity index (χ1v) is 15.1. The van der Waals surface area contributed by atoms with Gasteiger partial charge in [-0.25, -0.2) is 4.98 Å². The highest BCUT2D eigenvalue weighted by molar-refractivity contribution is 5.73. The molecule has 9 nitrogen and oxygen atoms in total. The monoisotopic (exact) mass is 559 g/mol. The van der Waals surface area contributed by atoms with Crippen molar-refractivity contribution in [2.45, 2.75) is 70.3 Å². The summed E-state index contributed by atoms with van der Waals surface area (Å²) in [7, 11) is 0. The van der Waals surface area contributed by atoms with Gasteiger partial charge in [-0.1, -0.05) is 49.1 Å². The number of fused-ring (bicyclic) bond motifs is 1. The Morgan fingerprint density at radius 1 is 1.15 bits per heavy atom. The van der Waals surface area contributed by atoms with E-state index in [1.807, 2.05) is 10.6 Å². The maximum absolute atomic E-state index is 12.4. The van der Waals surface area contributed by atoms with Crippen LogP contribution >= 0.6 is 0 Å². The van der Waals surface area contributed by atoms with Crippen LogP contribution in [-0.2, 0) is 4.79 Å². The van der Waals surface area contributed by atoms with Gasteiger partial charge in [-0.3, -0.25) is 24.2 Å². The fourth-order valence-corrected chi connectivity index (χ4v) is 7.44. The number of aromatic nitrogens is 2. The lowest BCUT2D eigenvalue weighted by Crippen LogP contribution is -2.43. The Hall–Kier alpha value is -3.30. The number of piperidine rings is 1. The number of nitrogens with zero attached hydrogens (tertiary/aromatic N) is 5. The predicted molar refractivity (Wildman–Crippen MR) is 157 cm³/mol. The molecule has 6 rings (SSSR count). The van der Waals surface area contributed by atoms with Gasteiger partial charge >= 0.3 is 5.97 Å². The lowest BCUT2D eigenvalue weighted by molar-refractivity contribution is -0.385. The molecule has 41 heavy (non-hydrogen) atoms. The molecule has 0 amide bonds. The van der Waals surface area contributed by atoms with E-state index in [1.54, 1.807) is 19.2 Å². The smallest absolute Gasteiger partial charge is 0.320 e.